The highest BCUT2D eigenvalue weighted by Crippen LogP contribution is 2.24. The minimum absolute atomic E-state index is 0.394. The molecule has 3 heteroatoms. The zero-order valence-corrected chi connectivity index (χ0v) is 10.2. The molecular weight excluding hydrogens is 248 g/mol. The van der Waals surface area contributed by atoms with Crippen molar-refractivity contribution in [1.29, 1.82) is 0 Å². The topological polar surface area (TPSA) is 20.2 Å². The van der Waals surface area contributed by atoms with Crippen LogP contribution in [0.5, 0.6) is 0 Å². The van der Waals surface area contributed by atoms with Gasteiger partial charge in [0.25, 0.3) is 0 Å². The Morgan fingerprint density at radius 1 is 1.54 bits per heavy atom. The maximum atomic E-state index is 9.56. The first kappa shape index (κ1) is 11.1. The van der Waals surface area contributed by atoms with E-state index in [1.165, 1.54) is 10.5 Å². The smallest absolute Gasteiger partial charge is 0.0886 e. The van der Waals surface area contributed by atoms with Gasteiger partial charge in [0.2, 0.25) is 0 Å². The number of aliphatic hydroxyl groups excluding tert-OH is 1. The predicted molar refractivity (Wildman–Crippen MR) is 61.7 cm³/mol. The van der Waals surface area contributed by atoms with Crippen LogP contribution in [0, 0.1) is 6.92 Å². The van der Waals surface area contributed by atoms with E-state index >= 15 is 0 Å². The molecule has 1 nitrogen and oxygen atoms in total. The van der Waals surface area contributed by atoms with Crippen molar-refractivity contribution in [2.45, 2.75) is 17.9 Å². The summed E-state index contributed by atoms with van der Waals surface area (Å²) in [6, 6.07) is 6.07. The first-order valence-corrected chi connectivity index (χ1v) is 6.42. The second-order valence-electron chi connectivity index (χ2n) is 2.90. The zero-order valence-electron chi connectivity index (χ0n) is 7.75. The molecule has 1 rings (SSSR count). The number of alkyl halides is 1. The van der Waals surface area contributed by atoms with Gasteiger partial charge in [0, 0.05) is 10.2 Å². The number of aliphatic hydroxyl groups is 1. The van der Waals surface area contributed by atoms with Crippen molar-refractivity contribution in [3.8, 4) is 0 Å². The fourth-order valence-corrected chi connectivity index (χ4v) is 2.16. The molecule has 1 atom stereocenters. The van der Waals surface area contributed by atoms with Crippen LogP contribution in [0.25, 0.3) is 0 Å². The van der Waals surface area contributed by atoms with Crippen LogP contribution >= 0.6 is 27.7 Å². The second kappa shape index (κ2) is 5.03. The van der Waals surface area contributed by atoms with Crippen LogP contribution < -0.4 is 0 Å². The van der Waals surface area contributed by atoms with Gasteiger partial charge in [-0.1, -0.05) is 28.1 Å². The van der Waals surface area contributed by atoms with Crippen molar-refractivity contribution in [2.75, 3.05) is 11.6 Å². The van der Waals surface area contributed by atoms with Crippen molar-refractivity contribution in [1.82, 2.24) is 0 Å². The summed E-state index contributed by atoms with van der Waals surface area (Å²) >= 11 is 4.99. The number of halogens is 1. The minimum Gasteiger partial charge on any atom is -0.388 e. The number of hydrogen-bond acceptors (Lipinski definition) is 2. The Hall–Kier alpha value is 0.01000. The summed E-state index contributed by atoms with van der Waals surface area (Å²) in [7, 11) is 0. The lowest BCUT2D eigenvalue weighted by molar-refractivity contribution is 0.205. The second-order valence-corrected chi connectivity index (χ2v) is 4.39. The van der Waals surface area contributed by atoms with Gasteiger partial charge in [-0.05, 0) is 30.4 Å². The third-order valence-electron chi connectivity index (χ3n) is 1.95. The van der Waals surface area contributed by atoms with Crippen LogP contribution in [-0.4, -0.2) is 16.7 Å². The molecule has 0 spiro atoms. The molecule has 0 amide bonds. The van der Waals surface area contributed by atoms with Crippen molar-refractivity contribution in [3.63, 3.8) is 0 Å². The number of hydrogen-bond donors (Lipinski definition) is 1. The average Bonchev–Trinajstić information content (AvgIpc) is 2.16. The Labute approximate surface area is 91.7 Å². The number of benzene rings is 1. The van der Waals surface area contributed by atoms with Gasteiger partial charge in [-0.2, -0.15) is 0 Å². The van der Waals surface area contributed by atoms with E-state index in [2.05, 4.69) is 35.2 Å². The number of aryl methyl sites for hydroxylation is 1. The predicted octanol–water partition coefficient (Wildman–Crippen LogP) is 3.15. The van der Waals surface area contributed by atoms with E-state index in [0.29, 0.717) is 5.33 Å². The van der Waals surface area contributed by atoms with E-state index in [9.17, 15) is 5.11 Å². The van der Waals surface area contributed by atoms with Crippen molar-refractivity contribution in [2.24, 2.45) is 0 Å². The lowest BCUT2D eigenvalue weighted by Gasteiger charge is -2.10. The van der Waals surface area contributed by atoms with Crippen LogP contribution in [0.3, 0.4) is 0 Å². The van der Waals surface area contributed by atoms with E-state index in [1.807, 2.05) is 12.1 Å². The lowest BCUT2D eigenvalue weighted by atomic mass is 10.1. The van der Waals surface area contributed by atoms with Gasteiger partial charge in [0.05, 0.1) is 6.10 Å². The number of thioether (sulfide) groups is 1. The molecule has 1 aromatic rings. The summed E-state index contributed by atoms with van der Waals surface area (Å²) in [6.07, 6.45) is 1.66. The summed E-state index contributed by atoms with van der Waals surface area (Å²) < 4.78 is 0. The largest absolute Gasteiger partial charge is 0.388 e. The molecule has 0 bridgehead atoms. The van der Waals surface area contributed by atoms with E-state index in [4.69, 9.17) is 0 Å². The summed E-state index contributed by atoms with van der Waals surface area (Å²) in [5.74, 6) is 0. The van der Waals surface area contributed by atoms with Gasteiger partial charge in [-0.15, -0.1) is 11.8 Å². The normalized spacial score (nSPS) is 12.9. The molecule has 0 aliphatic carbocycles. The van der Waals surface area contributed by atoms with Crippen molar-refractivity contribution >= 4 is 27.7 Å². The molecule has 0 heterocycles. The van der Waals surface area contributed by atoms with Gasteiger partial charge in [0.1, 0.15) is 0 Å². The Morgan fingerprint density at radius 2 is 2.23 bits per heavy atom. The highest BCUT2D eigenvalue weighted by atomic mass is 79.9. The fraction of sp³-hybridized carbons (Fsp3) is 0.400. The highest BCUT2D eigenvalue weighted by Gasteiger charge is 2.06. The zero-order chi connectivity index (χ0) is 9.84. The first-order valence-electron chi connectivity index (χ1n) is 4.07. The summed E-state index contributed by atoms with van der Waals surface area (Å²) in [5, 5.41) is 10.2. The third kappa shape index (κ3) is 2.73. The summed E-state index contributed by atoms with van der Waals surface area (Å²) in [5.41, 5.74) is 2.21. The quantitative estimate of drug-likeness (QED) is 0.666. The summed E-state index contributed by atoms with van der Waals surface area (Å²) in [4.78, 5) is 1.27. The molecule has 0 aromatic heterocycles. The van der Waals surface area contributed by atoms with E-state index in [0.717, 1.165) is 5.56 Å². The molecule has 1 aromatic carbocycles. The standard InChI is InChI=1S/C10H13BrOS/c1-7-5-8(9(12)6-11)3-4-10(7)13-2/h3-5,9,12H,6H2,1-2H3. The van der Waals surface area contributed by atoms with Crippen LogP contribution in [-0.2, 0) is 0 Å². The van der Waals surface area contributed by atoms with E-state index in [1.54, 1.807) is 11.8 Å². The van der Waals surface area contributed by atoms with Crippen LogP contribution in [0.15, 0.2) is 23.1 Å². The molecule has 1 N–H and O–H groups in total. The van der Waals surface area contributed by atoms with Crippen molar-refractivity contribution < 1.29 is 5.11 Å². The molecule has 0 fully saturated rings. The number of rotatable bonds is 3. The van der Waals surface area contributed by atoms with Gasteiger partial charge in [-0.25, -0.2) is 0 Å². The SMILES string of the molecule is CSc1ccc(C(O)CBr)cc1C. The molecule has 72 valence electrons. The Balaban J connectivity index is 2.95. The first-order chi connectivity index (χ1) is 6.19. The third-order valence-corrected chi connectivity index (χ3v) is 3.46. The monoisotopic (exact) mass is 260 g/mol. The molecule has 0 saturated carbocycles. The van der Waals surface area contributed by atoms with Gasteiger partial charge in [-0.3, -0.25) is 0 Å². The molecule has 0 saturated heterocycles. The molecule has 13 heavy (non-hydrogen) atoms. The maximum absolute atomic E-state index is 9.56. The average molecular weight is 261 g/mol. The summed E-state index contributed by atoms with van der Waals surface area (Å²) in [6.45, 7) is 2.07. The van der Waals surface area contributed by atoms with Crippen LogP contribution in [0.2, 0.25) is 0 Å². The fourth-order valence-electron chi connectivity index (χ4n) is 1.20. The molecule has 0 aliphatic heterocycles. The molecule has 0 radical (unpaired) electrons. The molecule has 1 unspecified atom stereocenters. The van der Waals surface area contributed by atoms with E-state index < -0.39 is 6.10 Å². The van der Waals surface area contributed by atoms with Gasteiger partial charge < -0.3 is 5.11 Å². The van der Waals surface area contributed by atoms with Crippen LogP contribution in [0.4, 0.5) is 0 Å². The maximum Gasteiger partial charge on any atom is 0.0886 e. The van der Waals surface area contributed by atoms with Crippen molar-refractivity contribution in [3.05, 3.63) is 29.3 Å². The lowest BCUT2D eigenvalue weighted by Crippen LogP contribution is -1.98. The van der Waals surface area contributed by atoms with Crippen LogP contribution in [0.1, 0.15) is 17.2 Å². The highest BCUT2D eigenvalue weighted by molar-refractivity contribution is 9.09. The minimum atomic E-state index is -0.394. The molecular formula is C10H13BrOS. The van der Waals surface area contributed by atoms with Gasteiger partial charge >= 0.3 is 0 Å². The Kier molecular flexibility index (Phi) is 4.29. The Bertz CT molecular complexity index is 288. The molecule has 0 aliphatic rings. The van der Waals surface area contributed by atoms with E-state index in [-0.39, 0.29) is 0 Å². The Morgan fingerprint density at radius 3 is 2.69 bits per heavy atom. The van der Waals surface area contributed by atoms with Gasteiger partial charge in [0.15, 0.2) is 0 Å².